The summed E-state index contributed by atoms with van der Waals surface area (Å²) >= 11 is 0. The molecule has 3 N–H and O–H groups in total. The van der Waals surface area contributed by atoms with Crippen LogP contribution in [0.4, 0.5) is 11.8 Å². The Balaban J connectivity index is 1.16. The lowest BCUT2D eigenvalue weighted by Crippen LogP contribution is -2.32. The summed E-state index contributed by atoms with van der Waals surface area (Å²) in [6, 6.07) is 21.1. The van der Waals surface area contributed by atoms with E-state index in [2.05, 4.69) is 36.1 Å². The van der Waals surface area contributed by atoms with Gasteiger partial charge in [0, 0.05) is 29.4 Å². The van der Waals surface area contributed by atoms with Crippen LogP contribution in [0.5, 0.6) is 0 Å². The minimum Gasteiger partial charge on any atom is -0.365 e. The predicted octanol–water partition coefficient (Wildman–Crippen LogP) is 6.19. The van der Waals surface area contributed by atoms with Crippen molar-refractivity contribution < 1.29 is 8.42 Å². The molecule has 1 fully saturated rings. The van der Waals surface area contributed by atoms with Gasteiger partial charge in [0.15, 0.2) is 0 Å². The first-order valence-corrected chi connectivity index (χ1v) is 14.9. The first-order valence-electron chi connectivity index (χ1n) is 13.4. The van der Waals surface area contributed by atoms with Crippen LogP contribution in [0.1, 0.15) is 46.5 Å². The molecular formula is C30H37N5O2S. The lowest BCUT2D eigenvalue weighted by Gasteiger charge is -2.29. The van der Waals surface area contributed by atoms with Crippen molar-refractivity contribution >= 4 is 43.5 Å². The number of benzene rings is 3. The van der Waals surface area contributed by atoms with Crippen LogP contribution < -0.4 is 15.4 Å². The molecule has 38 heavy (non-hydrogen) atoms. The van der Waals surface area contributed by atoms with Crippen molar-refractivity contribution in [2.24, 2.45) is 11.8 Å². The maximum absolute atomic E-state index is 13.1. The van der Waals surface area contributed by atoms with E-state index in [1.165, 1.54) is 0 Å². The van der Waals surface area contributed by atoms with E-state index >= 15 is 0 Å². The molecule has 0 bridgehead atoms. The Labute approximate surface area is 225 Å². The van der Waals surface area contributed by atoms with Crippen LogP contribution in [0.3, 0.4) is 0 Å². The minimum atomic E-state index is -3.57. The molecule has 200 valence electrons. The molecule has 0 radical (unpaired) electrons. The van der Waals surface area contributed by atoms with E-state index in [4.69, 9.17) is 9.97 Å². The summed E-state index contributed by atoms with van der Waals surface area (Å²) in [6.45, 7) is 7.65. The molecule has 5 rings (SSSR count). The maximum Gasteiger partial charge on any atom is 0.241 e. The van der Waals surface area contributed by atoms with Gasteiger partial charge in [-0.2, -0.15) is 4.98 Å². The summed E-state index contributed by atoms with van der Waals surface area (Å²) in [7, 11) is -3.57. The van der Waals surface area contributed by atoms with Crippen molar-refractivity contribution in [3.05, 3.63) is 66.7 Å². The maximum atomic E-state index is 13.1. The zero-order valence-electron chi connectivity index (χ0n) is 22.4. The largest absolute Gasteiger partial charge is 0.365 e. The van der Waals surface area contributed by atoms with Crippen molar-refractivity contribution in [1.82, 2.24) is 14.7 Å². The quantitative estimate of drug-likeness (QED) is 0.251. The van der Waals surface area contributed by atoms with Gasteiger partial charge in [-0.1, -0.05) is 48.5 Å². The van der Waals surface area contributed by atoms with Crippen LogP contribution in [-0.4, -0.2) is 37.0 Å². The minimum absolute atomic E-state index is 0.109. The summed E-state index contributed by atoms with van der Waals surface area (Å²) in [5.74, 6) is 2.33. The van der Waals surface area contributed by atoms with Crippen molar-refractivity contribution in [2.45, 2.75) is 56.9 Å². The average Bonchev–Trinajstić information content (AvgIpc) is 2.90. The smallest absolute Gasteiger partial charge is 0.241 e. The fourth-order valence-electron chi connectivity index (χ4n) is 5.22. The third kappa shape index (κ3) is 6.25. The number of aromatic nitrogens is 2. The van der Waals surface area contributed by atoms with Gasteiger partial charge >= 0.3 is 0 Å². The highest BCUT2D eigenvalue weighted by atomic mass is 32.2. The molecule has 4 aromatic rings. The van der Waals surface area contributed by atoms with Crippen molar-refractivity contribution in [1.29, 1.82) is 0 Å². The Morgan fingerprint density at radius 1 is 0.789 bits per heavy atom. The van der Waals surface area contributed by atoms with E-state index in [1.54, 1.807) is 12.1 Å². The molecular weight excluding hydrogens is 494 g/mol. The Kier molecular flexibility index (Phi) is 7.54. The summed E-state index contributed by atoms with van der Waals surface area (Å²) < 4.78 is 29.0. The number of fused-ring (bicyclic) bond motifs is 2. The number of sulfonamides is 1. The van der Waals surface area contributed by atoms with Gasteiger partial charge in [0.2, 0.25) is 16.0 Å². The monoisotopic (exact) mass is 531 g/mol. The second kappa shape index (κ2) is 10.9. The first-order chi connectivity index (χ1) is 18.2. The van der Waals surface area contributed by atoms with Crippen LogP contribution >= 0.6 is 0 Å². The van der Waals surface area contributed by atoms with E-state index < -0.39 is 10.0 Å². The number of para-hydroxylation sites is 1. The van der Waals surface area contributed by atoms with Crippen molar-refractivity contribution in [3.8, 4) is 0 Å². The van der Waals surface area contributed by atoms with Crippen molar-refractivity contribution in [3.63, 3.8) is 0 Å². The number of rotatable bonds is 8. The number of nitrogens with zero attached hydrogens (tertiary/aromatic N) is 2. The van der Waals surface area contributed by atoms with Crippen LogP contribution in [0.25, 0.3) is 21.7 Å². The van der Waals surface area contributed by atoms with Gasteiger partial charge < -0.3 is 10.6 Å². The van der Waals surface area contributed by atoms with Crippen LogP contribution in [0.2, 0.25) is 0 Å². The summed E-state index contributed by atoms with van der Waals surface area (Å²) in [5, 5.41) is 9.68. The van der Waals surface area contributed by atoms with Gasteiger partial charge in [0.1, 0.15) is 5.82 Å². The highest BCUT2D eigenvalue weighted by molar-refractivity contribution is 7.89. The van der Waals surface area contributed by atoms with Gasteiger partial charge in [-0.3, -0.25) is 0 Å². The van der Waals surface area contributed by atoms with Gasteiger partial charge in [-0.15, -0.1) is 0 Å². The summed E-state index contributed by atoms with van der Waals surface area (Å²) in [4.78, 5) is 9.87. The van der Waals surface area contributed by atoms with Crippen LogP contribution in [0, 0.1) is 11.8 Å². The molecule has 0 amide bonds. The molecule has 1 aliphatic carbocycles. The second-order valence-electron chi connectivity index (χ2n) is 11.4. The van der Waals surface area contributed by atoms with E-state index in [9.17, 15) is 8.42 Å². The lowest BCUT2D eigenvalue weighted by molar-refractivity contribution is 0.284. The Morgan fingerprint density at radius 2 is 1.42 bits per heavy atom. The molecule has 0 saturated heterocycles. The predicted molar refractivity (Wildman–Crippen MR) is 156 cm³/mol. The standard InChI is InChI=1S/C30H37N5O2S/c1-30(2,3)35-28-25-12-6-7-13-26(25)33-29(34-28)31-19-21-15-17-22(18-16-21)20-32-38(36,37)27-14-8-10-23-9-4-5-11-24(23)27/h4-14,21-22,32H,15-20H2,1-3H3,(H2,31,33,34,35)/t21-,22-. The molecule has 1 aromatic heterocycles. The highest BCUT2D eigenvalue weighted by Gasteiger charge is 2.24. The summed E-state index contributed by atoms with van der Waals surface area (Å²) in [6.07, 6.45) is 4.10. The SMILES string of the molecule is CC(C)(C)Nc1nc(NC[C@H]2CC[C@H](CNS(=O)(=O)c3cccc4ccccc34)CC2)nc2ccccc12. The fraction of sp³-hybridized carbons (Fsp3) is 0.400. The third-order valence-corrected chi connectivity index (χ3v) is 8.69. The Hall–Kier alpha value is -3.23. The summed E-state index contributed by atoms with van der Waals surface area (Å²) in [5.41, 5.74) is 0.806. The average molecular weight is 532 g/mol. The van der Waals surface area contributed by atoms with Gasteiger partial charge in [0.25, 0.3) is 0 Å². The second-order valence-corrected chi connectivity index (χ2v) is 13.1. The molecule has 8 heteroatoms. The molecule has 0 unspecified atom stereocenters. The topological polar surface area (TPSA) is 96.0 Å². The number of anilines is 2. The Bertz CT molecular complexity index is 1520. The van der Waals surface area contributed by atoms with E-state index in [0.717, 1.165) is 59.7 Å². The van der Waals surface area contributed by atoms with Crippen molar-refractivity contribution in [2.75, 3.05) is 23.7 Å². The van der Waals surface area contributed by atoms with Gasteiger partial charge in [-0.05, 0) is 81.9 Å². The third-order valence-electron chi connectivity index (χ3n) is 7.21. The molecule has 0 aliphatic heterocycles. The number of nitrogens with one attached hydrogen (secondary N) is 3. The zero-order valence-corrected chi connectivity index (χ0v) is 23.2. The number of hydrogen-bond acceptors (Lipinski definition) is 6. The molecule has 1 aliphatic rings. The normalized spacial score (nSPS) is 18.5. The Morgan fingerprint density at radius 3 is 2.16 bits per heavy atom. The highest BCUT2D eigenvalue weighted by Crippen LogP contribution is 2.30. The van der Waals surface area contributed by atoms with E-state index in [-0.39, 0.29) is 5.54 Å². The van der Waals surface area contributed by atoms with Gasteiger partial charge in [0.05, 0.1) is 10.4 Å². The molecule has 3 aromatic carbocycles. The fourth-order valence-corrected chi connectivity index (χ4v) is 6.56. The van der Waals surface area contributed by atoms with Crippen LogP contribution in [0.15, 0.2) is 71.6 Å². The number of hydrogen-bond donors (Lipinski definition) is 3. The molecule has 0 spiro atoms. The molecule has 1 saturated carbocycles. The van der Waals surface area contributed by atoms with Gasteiger partial charge in [-0.25, -0.2) is 18.1 Å². The molecule has 1 heterocycles. The van der Waals surface area contributed by atoms with E-state index in [1.807, 2.05) is 54.6 Å². The van der Waals surface area contributed by atoms with Crippen LogP contribution in [-0.2, 0) is 10.0 Å². The first kappa shape index (κ1) is 26.4. The zero-order chi connectivity index (χ0) is 26.8. The van der Waals surface area contributed by atoms with E-state index in [0.29, 0.717) is 29.2 Å². The molecule has 7 nitrogen and oxygen atoms in total. The molecule has 0 atom stereocenters. The lowest BCUT2D eigenvalue weighted by atomic mass is 9.82.